The highest BCUT2D eigenvalue weighted by Gasteiger charge is 2.35. The quantitative estimate of drug-likeness (QED) is 0.781. The van der Waals surface area contributed by atoms with Gasteiger partial charge in [0.15, 0.2) is 0 Å². The van der Waals surface area contributed by atoms with E-state index in [9.17, 15) is 9.59 Å². The minimum Gasteiger partial charge on any atom is -0.359 e. The zero-order chi connectivity index (χ0) is 20.9. The van der Waals surface area contributed by atoms with Crippen molar-refractivity contribution in [2.75, 3.05) is 18.4 Å². The molecule has 2 aliphatic heterocycles. The van der Waals surface area contributed by atoms with Crippen molar-refractivity contribution in [2.45, 2.75) is 45.1 Å². The summed E-state index contributed by atoms with van der Waals surface area (Å²) in [4.78, 5) is 27.8. The highest BCUT2D eigenvalue weighted by molar-refractivity contribution is 6.04. The van der Waals surface area contributed by atoms with E-state index in [1.54, 1.807) is 0 Å². The van der Waals surface area contributed by atoms with Gasteiger partial charge in [0, 0.05) is 25.2 Å². The van der Waals surface area contributed by atoms with Crippen LogP contribution < -0.4 is 5.32 Å². The third-order valence-electron chi connectivity index (χ3n) is 5.70. The number of piperidine rings is 1. The lowest BCUT2D eigenvalue weighted by molar-refractivity contribution is -0.136. The number of nitrogens with one attached hydrogen (secondary N) is 1. The molecule has 6 heteroatoms. The third-order valence-corrected chi connectivity index (χ3v) is 5.70. The molecule has 2 aliphatic rings. The number of hydrogen-bond acceptors (Lipinski definition) is 4. The van der Waals surface area contributed by atoms with Crippen LogP contribution in [0.25, 0.3) is 0 Å². The first-order chi connectivity index (χ1) is 14.6. The van der Waals surface area contributed by atoms with E-state index in [0.29, 0.717) is 12.1 Å². The van der Waals surface area contributed by atoms with Gasteiger partial charge in [-0.1, -0.05) is 48.0 Å². The molecule has 1 unspecified atom stereocenters. The average molecular weight is 405 g/mol. The molecule has 0 bridgehead atoms. The summed E-state index contributed by atoms with van der Waals surface area (Å²) < 4.78 is 0. The summed E-state index contributed by atoms with van der Waals surface area (Å²) in [5, 5.41) is 9.02. The van der Waals surface area contributed by atoms with Crippen LogP contribution in [0, 0.1) is 6.92 Å². The van der Waals surface area contributed by atoms with Crippen LogP contribution in [0.4, 0.5) is 5.69 Å². The normalized spacial score (nSPS) is 18.8. The van der Waals surface area contributed by atoms with Gasteiger partial charge in [-0.3, -0.25) is 9.59 Å². The predicted octanol–water partition coefficient (Wildman–Crippen LogP) is 4.10. The Morgan fingerprint density at radius 3 is 2.40 bits per heavy atom. The van der Waals surface area contributed by atoms with E-state index >= 15 is 0 Å². The van der Waals surface area contributed by atoms with E-state index in [1.807, 2.05) is 61.5 Å². The number of carbonyl (C=O) groups excluding carboxylic acids is 2. The SMILES string of the molecule is Cc1ccc(NC(=O)CC(=O)N2N=C(N3CCCCC3)CC2c2ccccc2)cc1. The van der Waals surface area contributed by atoms with Crippen molar-refractivity contribution in [1.29, 1.82) is 0 Å². The first-order valence-corrected chi connectivity index (χ1v) is 10.7. The van der Waals surface area contributed by atoms with Gasteiger partial charge in [-0.05, 0) is 43.9 Å². The first-order valence-electron chi connectivity index (χ1n) is 10.7. The van der Waals surface area contributed by atoms with Gasteiger partial charge in [0.05, 0.1) is 6.04 Å². The molecule has 1 saturated heterocycles. The number of amides is 2. The summed E-state index contributed by atoms with van der Waals surface area (Å²) >= 11 is 0. The van der Waals surface area contributed by atoms with E-state index < -0.39 is 0 Å². The molecule has 0 radical (unpaired) electrons. The summed E-state index contributed by atoms with van der Waals surface area (Å²) in [6.45, 7) is 3.96. The lowest BCUT2D eigenvalue weighted by Gasteiger charge is -2.28. The zero-order valence-electron chi connectivity index (χ0n) is 17.4. The second-order valence-electron chi connectivity index (χ2n) is 8.02. The summed E-state index contributed by atoms with van der Waals surface area (Å²) in [6, 6.07) is 17.3. The summed E-state index contributed by atoms with van der Waals surface area (Å²) in [6.07, 6.45) is 4.01. The molecule has 4 rings (SSSR count). The molecule has 2 aromatic carbocycles. The number of amidine groups is 1. The van der Waals surface area contributed by atoms with Crippen molar-refractivity contribution in [3.63, 3.8) is 0 Å². The molecular weight excluding hydrogens is 376 g/mol. The number of nitrogens with zero attached hydrogens (tertiary/aromatic N) is 3. The predicted molar refractivity (Wildman–Crippen MR) is 118 cm³/mol. The molecule has 156 valence electrons. The molecule has 1 fully saturated rings. The Bertz CT molecular complexity index is 918. The Kier molecular flexibility index (Phi) is 6.12. The van der Waals surface area contributed by atoms with Crippen molar-refractivity contribution in [1.82, 2.24) is 9.91 Å². The number of carbonyl (C=O) groups is 2. The van der Waals surface area contributed by atoms with Gasteiger partial charge in [0.2, 0.25) is 5.91 Å². The van der Waals surface area contributed by atoms with Gasteiger partial charge in [-0.15, -0.1) is 0 Å². The topological polar surface area (TPSA) is 65.0 Å². The number of anilines is 1. The summed E-state index contributed by atoms with van der Waals surface area (Å²) in [5.41, 5.74) is 2.85. The minimum atomic E-state index is -0.322. The van der Waals surface area contributed by atoms with Gasteiger partial charge in [-0.2, -0.15) is 5.10 Å². The number of likely N-dealkylation sites (tertiary alicyclic amines) is 1. The molecule has 6 nitrogen and oxygen atoms in total. The van der Waals surface area contributed by atoms with Crippen LogP contribution in [0.15, 0.2) is 59.7 Å². The highest BCUT2D eigenvalue weighted by atomic mass is 16.2. The molecule has 1 atom stereocenters. The minimum absolute atomic E-state index is 0.164. The van der Waals surface area contributed by atoms with E-state index in [2.05, 4.69) is 15.3 Å². The zero-order valence-corrected chi connectivity index (χ0v) is 17.4. The Labute approximate surface area is 177 Å². The van der Waals surface area contributed by atoms with Gasteiger partial charge in [-0.25, -0.2) is 5.01 Å². The van der Waals surface area contributed by atoms with Crippen LogP contribution in [-0.2, 0) is 9.59 Å². The average Bonchev–Trinajstić information content (AvgIpc) is 3.22. The second kappa shape index (κ2) is 9.11. The number of hydrogen-bond donors (Lipinski definition) is 1. The Morgan fingerprint density at radius 1 is 1.00 bits per heavy atom. The lowest BCUT2D eigenvalue weighted by atomic mass is 10.0. The van der Waals surface area contributed by atoms with Crippen LogP contribution in [0.5, 0.6) is 0 Å². The molecule has 1 N–H and O–H groups in total. The molecule has 0 saturated carbocycles. The van der Waals surface area contributed by atoms with E-state index in [0.717, 1.165) is 42.9 Å². The second-order valence-corrected chi connectivity index (χ2v) is 8.02. The van der Waals surface area contributed by atoms with Gasteiger partial charge in [0.1, 0.15) is 12.3 Å². The van der Waals surface area contributed by atoms with Crippen molar-refractivity contribution in [2.24, 2.45) is 5.10 Å². The standard InChI is InChI=1S/C24H28N4O2/c1-18-10-12-20(13-11-18)25-23(29)17-24(30)28-21(19-8-4-2-5-9-19)16-22(26-28)27-14-6-3-7-15-27/h2,4-5,8-13,21H,3,6-7,14-17H2,1H3,(H,25,29). The van der Waals surface area contributed by atoms with Crippen LogP contribution >= 0.6 is 0 Å². The molecule has 0 aromatic heterocycles. The fourth-order valence-electron chi connectivity index (χ4n) is 4.06. The van der Waals surface area contributed by atoms with Gasteiger partial charge in [0.25, 0.3) is 5.91 Å². The molecule has 30 heavy (non-hydrogen) atoms. The van der Waals surface area contributed by atoms with E-state index in [1.165, 1.54) is 11.4 Å². The summed E-state index contributed by atoms with van der Waals surface area (Å²) in [7, 11) is 0. The van der Waals surface area contributed by atoms with Crippen molar-refractivity contribution in [3.05, 3.63) is 65.7 Å². The third kappa shape index (κ3) is 4.70. The molecule has 2 aromatic rings. The molecule has 0 aliphatic carbocycles. The number of aryl methyl sites for hydroxylation is 1. The number of benzene rings is 2. The fraction of sp³-hybridized carbons (Fsp3) is 0.375. The van der Waals surface area contributed by atoms with Crippen molar-refractivity contribution >= 4 is 23.3 Å². The molecule has 2 amide bonds. The molecule has 2 heterocycles. The van der Waals surface area contributed by atoms with E-state index in [4.69, 9.17) is 0 Å². The van der Waals surface area contributed by atoms with Crippen molar-refractivity contribution in [3.8, 4) is 0 Å². The fourth-order valence-corrected chi connectivity index (χ4v) is 4.06. The highest BCUT2D eigenvalue weighted by Crippen LogP contribution is 2.33. The van der Waals surface area contributed by atoms with Crippen LogP contribution in [-0.4, -0.2) is 40.6 Å². The lowest BCUT2D eigenvalue weighted by Crippen LogP contribution is -2.34. The van der Waals surface area contributed by atoms with Crippen LogP contribution in [0.2, 0.25) is 0 Å². The summed E-state index contributed by atoms with van der Waals surface area (Å²) in [5.74, 6) is 0.355. The number of hydrazone groups is 1. The van der Waals surface area contributed by atoms with Crippen LogP contribution in [0.1, 0.15) is 49.3 Å². The number of rotatable bonds is 4. The first kappa shape index (κ1) is 20.1. The van der Waals surface area contributed by atoms with Gasteiger partial charge >= 0.3 is 0 Å². The van der Waals surface area contributed by atoms with Crippen molar-refractivity contribution < 1.29 is 9.59 Å². The van der Waals surface area contributed by atoms with Crippen LogP contribution in [0.3, 0.4) is 0 Å². The maximum absolute atomic E-state index is 13.1. The maximum Gasteiger partial charge on any atom is 0.252 e. The Hall–Kier alpha value is -3.15. The van der Waals surface area contributed by atoms with Gasteiger partial charge < -0.3 is 10.2 Å². The Morgan fingerprint density at radius 2 is 1.70 bits per heavy atom. The smallest absolute Gasteiger partial charge is 0.252 e. The monoisotopic (exact) mass is 404 g/mol. The Balaban J connectivity index is 1.48. The molecular formula is C24H28N4O2. The maximum atomic E-state index is 13.1. The largest absolute Gasteiger partial charge is 0.359 e. The van der Waals surface area contributed by atoms with E-state index in [-0.39, 0.29) is 24.3 Å². The molecule has 0 spiro atoms.